The number of rotatable bonds is 5. The molecule has 94 valence electrons. The molecular weight excluding hydrogens is 261 g/mol. The molecule has 0 aliphatic rings. The number of aromatic nitrogens is 1. The van der Waals surface area contributed by atoms with Crippen LogP contribution in [0.2, 0.25) is 10.3 Å². The number of amides is 1. The second kappa shape index (κ2) is 6.79. The Hall–Kier alpha value is -0.840. The first-order valence-corrected chi connectivity index (χ1v) is 6.12. The van der Waals surface area contributed by atoms with Crippen molar-refractivity contribution in [1.29, 1.82) is 0 Å². The Morgan fingerprint density at radius 2 is 2.18 bits per heavy atom. The second-order valence-electron chi connectivity index (χ2n) is 3.72. The van der Waals surface area contributed by atoms with Crippen LogP contribution in [0.5, 0.6) is 0 Å². The van der Waals surface area contributed by atoms with Gasteiger partial charge in [-0.15, -0.1) is 0 Å². The van der Waals surface area contributed by atoms with Crippen LogP contribution in [0.3, 0.4) is 0 Å². The van der Waals surface area contributed by atoms with Crippen LogP contribution in [0.25, 0.3) is 0 Å². The summed E-state index contributed by atoms with van der Waals surface area (Å²) in [5.41, 5.74) is 6.67. The maximum Gasteiger partial charge on any atom is 0.224 e. The molecule has 0 unspecified atom stereocenters. The molecule has 0 spiro atoms. The van der Waals surface area contributed by atoms with Crippen molar-refractivity contribution < 1.29 is 4.79 Å². The van der Waals surface area contributed by atoms with E-state index in [0.717, 1.165) is 18.4 Å². The highest BCUT2D eigenvalue weighted by Gasteiger charge is 2.10. The molecule has 0 aliphatic heterocycles. The number of carbonyl (C=O) groups is 1. The van der Waals surface area contributed by atoms with Crippen molar-refractivity contribution >= 4 is 34.8 Å². The lowest BCUT2D eigenvalue weighted by molar-refractivity contribution is -0.116. The zero-order chi connectivity index (χ0) is 12.8. The minimum absolute atomic E-state index is 0.0902. The fraction of sp³-hybridized carbons (Fsp3) is 0.455. The van der Waals surface area contributed by atoms with Gasteiger partial charge in [-0.1, -0.05) is 23.2 Å². The van der Waals surface area contributed by atoms with Crippen LogP contribution in [-0.2, 0) is 4.79 Å². The van der Waals surface area contributed by atoms with Gasteiger partial charge in [-0.3, -0.25) is 4.79 Å². The Labute approximate surface area is 110 Å². The van der Waals surface area contributed by atoms with E-state index in [1.807, 2.05) is 6.92 Å². The van der Waals surface area contributed by atoms with Crippen LogP contribution < -0.4 is 11.1 Å². The molecule has 3 N–H and O–H groups in total. The molecular formula is C11H15Cl2N3O. The van der Waals surface area contributed by atoms with E-state index < -0.39 is 0 Å². The van der Waals surface area contributed by atoms with Gasteiger partial charge in [-0.05, 0) is 37.9 Å². The highest BCUT2D eigenvalue weighted by molar-refractivity contribution is 6.34. The molecule has 1 amide bonds. The molecule has 0 atom stereocenters. The highest BCUT2D eigenvalue weighted by Crippen LogP contribution is 2.26. The van der Waals surface area contributed by atoms with Gasteiger partial charge in [0.25, 0.3) is 0 Å². The molecule has 17 heavy (non-hydrogen) atoms. The van der Waals surface area contributed by atoms with E-state index in [9.17, 15) is 4.79 Å². The molecule has 0 aromatic carbocycles. The van der Waals surface area contributed by atoms with Crippen LogP contribution >= 0.6 is 23.2 Å². The van der Waals surface area contributed by atoms with Gasteiger partial charge in [0.2, 0.25) is 5.91 Å². The summed E-state index contributed by atoms with van der Waals surface area (Å²) < 4.78 is 0. The number of carbonyl (C=O) groups excluding carboxylic acids is 1. The lowest BCUT2D eigenvalue weighted by Gasteiger charge is -2.10. The Morgan fingerprint density at radius 1 is 1.47 bits per heavy atom. The van der Waals surface area contributed by atoms with Crippen LogP contribution in [0, 0.1) is 6.92 Å². The van der Waals surface area contributed by atoms with E-state index in [0.29, 0.717) is 23.8 Å². The van der Waals surface area contributed by atoms with Crippen molar-refractivity contribution in [3.63, 3.8) is 0 Å². The zero-order valence-corrected chi connectivity index (χ0v) is 11.1. The van der Waals surface area contributed by atoms with E-state index in [1.165, 1.54) is 0 Å². The summed E-state index contributed by atoms with van der Waals surface area (Å²) in [6, 6.07) is 1.66. The molecule has 4 nitrogen and oxygen atoms in total. The Kier molecular flexibility index (Phi) is 5.68. The smallest absolute Gasteiger partial charge is 0.224 e. The van der Waals surface area contributed by atoms with Crippen molar-refractivity contribution in [2.24, 2.45) is 5.73 Å². The third-order valence-electron chi connectivity index (χ3n) is 2.26. The van der Waals surface area contributed by atoms with Crippen molar-refractivity contribution in [2.75, 3.05) is 11.9 Å². The second-order valence-corrected chi connectivity index (χ2v) is 4.47. The van der Waals surface area contributed by atoms with Crippen LogP contribution in [0.1, 0.15) is 24.8 Å². The summed E-state index contributed by atoms with van der Waals surface area (Å²) in [7, 11) is 0. The van der Waals surface area contributed by atoms with Gasteiger partial charge in [0, 0.05) is 6.42 Å². The van der Waals surface area contributed by atoms with E-state index >= 15 is 0 Å². The average Bonchev–Trinajstić information content (AvgIpc) is 2.24. The molecule has 1 rings (SSSR count). The van der Waals surface area contributed by atoms with Crippen molar-refractivity contribution in [1.82, 2.24) is 4.98 Å². The number of nitrogens with zero attached hydrogens (tertiary/aromatic N) is 1. The predicted octanol–water partition coefficient (Wildman–Crippen LogP) is 2.76. The Bertz CT molecular complexity index is 387. The first-order valence-electron chi connectivity index (χ1n) is 5.37. The van der Waals surface area contributed by atoms with Crippen LogP contribution in [-0.4, -0.2) is 17.4 Å². The van der Waals surface area contributed by atoms with Gasteiger partial charge < -0.3 is 11.1 Å². The fourth-order valence-corrected chi connectivity index (χ4v) is 1.96. The summed E-state index contributed by atoms with van der Waals surface area (Å²) in [5.74, 6) is -0.0902. The topological polar surface area (TPSA) is 68.0 Å². The number of nitrogens with one attached hydrogen (secondary N) is 1. The van der Waals surface area contributed by atoms with E-state index in [-0.39, 0.29) is 11.1 Å². The number of unbranched alkanes of at least 4 members (excludes halogenated alkanes) is 1. The third-order valence-corrected chi connectivity index (χ3v) is 2.73. The standard InChI is InChI=1S/C11H15Cl2N3O/c1-7-6-8(12)15-11(13)10(7)16-9(17)4-2-3-5-14/h6H,2-5,14H2,1H3,(H,16,17). The van der Waals surface area contributed by atoms with Crippen molar-refractivity contribution in [3.8, 4) is 0 Å². The number of anilines is 1. The summed E-state index contributed by atoms with van der Waals surface area (Å²) in [5, 5.41) is 3.26. The molecule has 1 heterocycles. The summed E-state index contributed by atoms with van der Waals surface area (Å²) >= 11 is 11.6. The first kappa shape index (κ1) is 14.2. The van der Waals surface area contributed by atoms with Gasteiger partial charge in [0.1, 0.15) is 5.15 Å². The largest absolute Gasteiger partial charge is 0.330 e. The molecule has 6 heteroatoms. The number of pyridine rings is 1. The SMILES string of the molecule is Cc1cc(Cl)nc(Cl)c1NC(=O)CCCCN. The quantitative estimate of drug-likeness (QED) is 0.641. The molecule has 1 aromatic rings. The zero-order valence-electron chi connectivity index (χ0n) is 9.59. The summed E-state index contributed by atoms with van der Waals surface area (Å²) in [6.45, 7) is 2.41. The summed E-state index contributed by atoms with van der Waals surface area (Å²) in [4.78, 5) is 15.5. The maximum atomic E-state index is 11.6. The molecule has 0 radical (unpaired) electrons. The lowest BCUT2D eigenvalue weighted by Crippen LogP contribution is -2.13. The van der Waals surface area contributed by atoms with E-state index in [4.69, 9.17) is 28.9 Å². The first-order chi connectivity index (χ1) is 8.04. The minimum atomic E-state index is -0.0902. The molecule has 0 saturated carbocycles. The maximum absolute atomic E-state index is 11.6. The van der Waals surface area contributed by atoms with Gasteiger partial charge in [-0.25, -0.2) is 4.98 Å². The van der Waals surface area contributed by atoms with Gasteiger partial charge in [-0.2, -0.15) is 0 Å². The van der Waals surface area contributed by atoms with Crippen LogP contribution in [0.4, 0.5) is 5.69 Å². The third kappa shape index (κ3) is 4.50. The normalized spacial score (nSPS) is 10.4. The lowest BCUT2D eigenvalue weighted by atomic mass is 10.2. The summed E-state index contributed by atoms with van der Waals surface area (Å²) in [6.07, 6.45) is 2.02. The average molecular weight is 276 g/mol. The monoisotopic (exact) mass is 275 g/mol. The van der Waals surface area contributed by atoms with E-state index in [2.05, 4.69) is 10.3 Å². The number of hydrogen-bond acceptors (Lipinski definition) is 3. The number of halogens is 2. The predicted molar refractivity (Wildman–Crippen MR) is 70.5 cm³/mol. The fourth-order valence-electron chi connectivity index (χ4n) is 1.38. The molecule has 0 saturated heterocycles. The number of aryl methyl sites for hydroxylation is 1. The Morgan fingerprint density at radius 3 is 2.76 bits per heavy atom. The van der Waals surface area contributed by atoms with Crippen LogP contribution in [0.15, 0.2) is 6.07 Å². The van der Waals surface area contributed by atoms with Gasteiger partial charge >= 0.3 is 0 Å². The van der Waals surface area contributed by atoms with E-state index in [1.54, 1.807) is 6.07 Å². The molecule has 0 bridgehead atoms. The minimum Gasteiger partial charge on any atom is -0.330 e. The molecule has 0 aliphatic carbocycles. The molecule has 1 aromatic heterocycles. The number of hydrogen-bond donors (Lipinski definition) is 2. The van der Waals surface area contributed by atoms with Crippen molar-refractivity contribution in [2.45, 2.75) is 26.2 Å². The Balaban J connectivity index is 2.65. The van der Waals surface area contributed by atoms with Gasteiger partial charge in [0.05, 0.1) is 5.69 Å². The number of nitrogens with two attached hydrogens (primary N) is 1. The van der Waals surface area contributed by atoms with Gasteiger partial charge in [0.15, 0.2) is 5.15 Å². The molecule has 0 fully saturated rings. The van der Waals surface area contributed by atoms with Crippen molar-refractivity contribution in [3.05, 3.63) is 21.9 Å². The highest BCUT2D eigenvalue weighted by atomic mass is 35.5.